The van der Waals surface area contributed by atoms with E-state index >= 15 is 0 Å². The fourth-order valence-corrected chi connectivity index (χ4v) is 5.30. The van der Waals surface area contributed by atoms with Gasteiger partial charge < -0.3 is 16.4 Å². The number of hydrogen-bond acceptors (Lipinski definition) is 3. The average molecular weight is 370 g/mol. The molecule has 7 heteroatoms. The van der Waals surface area contributed by atoms with Gasteiger partial charge in [0.15, 0.2) is 0 Å². The number of fused-ring (bicyclic) bond motifs is 1. The maximum absolute atomic E-state index is 12.8. The zero-order valence-electron chi connectivity index (χ0n) is 15.4. The van der Waals surface area contributed by atoms with Crippen LogP contribution in [-0.4, -0.2) is 41.4 Å². The summed E-state index contributed by atoms with van der Waals surface area (Å²) in [6.07, 6.45) is 6.10. The number of rotatable bonds is 5. The molecule has 2 atom stereocenters. The molecule has 4 rings (SSSR count). The molecule has 1 aliphatic carbocycles. The Morgan fingerprint density at radius 2 is 1.74 bits per heavy atom. The Bertz CT molecular complexity index is 770. The third kappa shape index (κ3) is 2.85. The number of benzene rings is 1. The smallest absolute Gasteiger partial charge is 0.325 e. The van der Waals surface area contributed by atoms with Gasteiger partial charge in [-0.15, -0.1) is 0 Å². The number of amides is 4. The summed E-state index contributed by atoms with van der Waals surface area (Å²) >= 11 is 0. The quantitative estimate of drug-likeness (QED) is 0.822. The Labute approximate surface area is 158 Å². The SMILES string of the molecule is NC(=O)CC1(c2ccc(N3C(=O)N4CCC[C@@H]4C3C(N)=O)cc2)CCCC1. The van der Waals surface area contributed by atoms with E-state index in [1.165, 1.54) is 4.90 Å². The number of anilines is 1. The third-order valence-corrected chi connectivity index (χ3v) is 6.52. The molecule has 0 spiro atoms. The van der Waals surface area contributed by atoms with E-state index in [0.29, 0.717) is 18.7 Å². The molecule has 3 aliphatic rings. The molecule has 7 nitrogen and oxygen atoms in total. The van der Waals surface area contributed by atoms with Crippen LogP contribution in [-0.2, 0) is 15.0 Å². The maximum atomic E-state index is 12.8. The van der Waals surface area contributed by atoms with Crippen LogP contribution < -0.4 is 16.4 Å². The van der Waals surface area contributed by atoms with Crippen LogP contribution in [0.2, 0.25) is 0 Å². The lowest BCUT2D eigenvalue weighted by atomic mass is 9.76. The predicted octanol–water partition coefficient (Wildman–Crippen LogP) is 1.63. The van der Waals surface area contributed by atoms with Gasteiger partial charge >= 0.3 is 6.03 Å². The Kier molecular flexibility index (Phi) is 4.32. The average Bonchev–Trinajstić information content (AvgIpc) is 3.32. The predicted molar refractivity (Wildman–Crippen MR) is 101 cm³/mol. The number of nitrogens with zero attached hydrogens (tertiary/aromatic N) is 2. The molecule has 2 heterocycles. The van der Waals surface area contributed by atoms with Gasteiger partial charge in [-0.25, -0.2) is 4.79 Å². The van der Waals surface area contributed by atoms with E-state index < -0.39 is 11.9 Å². The van der Waals surface area contributed by atoms with E-state index in [-0.39, 0.29) is 23.4 Å². The number of carbonyl (C=O) groups excluding carboxylic acids is 3. The lowest BCUT2D eigenvalue weighted by Gasteiger charge is -2.29. The van der Waals surface area contributed by atoms with Gasteiger partial charge in [0, 0.05) is 24.1 Å². The van der Waals surface area contributed by atoms with Gasteiger partial charge in [0.2, 0.25) is 11.8 Å². The summed E-state index contributed by atoms with van der Waals surface area (Å²) in [4.78, 5) is 39.8. The second-order valence-corrected chi connectivity index (χ2v) is 8.08. The summed E-state index contributed by atoms with van der Waals surface area (Å²) in [5, 5.41) is 0. The molecule has 2 aliphatic heterocycles. The Balaban J connectivity index is 1.64. The normalized spacial score (nSPS) is 26.4. The highest BCUT2D eigenvalue weighted by Gasteiger charge is 2.51. The van der Waals surface area contributed by atoms with E-state index in [1.54, 1.807) is 4.90 Å². The van der Waals surface area contributed by atoms with Gasteiger partial charge in [-0.1, -0.05) is 25.0 Å². The van der Waals surface area contributed by atoms with Gasteiger partial charge in [0.05, 0.1) is 6.04 Å². The molecular weight excluding hydrogens is 344 g/mol. The molecule has 144 valence electrons. The fraction of sp³-hybridized carbons (Fsp3) is 0.550. The van der Waals surface area contributed by atoms with E-state index in [1.807, 2.05) is 24.3 Å². The molecular formula is C20H26N4O3. The van der Waals surface area contributed by atoms with Gasteiger partial charge in [-0.3, -0.25) is 14.5 Å². The van der Waals surface area contributed by atoms with Crippen molar-refractivity contribution >= 4 is 23.5 Å². The minimum atomic E-state index is -0.628. The minimum Gasteiger partial charge on any atom is -0.370 e. The lowest BCUT2D eigenvalue weighted by Crippen LogP contribution is -2.46. The Hall–Kier alpha value is -2.57. The first kappa shape index (κ1) is 17.8. The molecule has 27 heavy (non-hydrogen) atoms. The first-order valence-electron chi connectivity index (χ1n) is 9.71. The van der Waals surface area contributed by atoms with Crippen LogP contribution in [0.3, 0.4) is 0 Å². The standard InChI is InChI=1S/C20H26N4O3/c21-16(25)12-20(9-1-2-10-20)13-5-7-14(8-6-13)24-17(18(22)26)15-4-3-11-23(15)19(24)27/h5-8,15,17H,1-4,9-12H2,(H2,21,25)(H2,22,26)/t15-,17?/m1/s1. The molecule has 0 radical (unpaired) electrons. The van der Waals surface area contributed by atoms with Crippen molar-refractivity contribution in [1.29, 1.82) is 0 Å². The summed E-state index contributed by atoms with van der Waals surface area (Å²) in [5.41, 5.74) is 12.7. The largest absolute Gasteiger partial charge is 0.370 e. The van der Waals surface area contributed by atoms with Crippen LogP contribution in [0.15, 0.2) is 24.3 Å². The second kappa shape index (κ2) is 6.55. The van der Waals surface area contributed by atoms with Gasteiger partial charge in [-0.2, -0.15) is 0 Å². The zero-order valence-corrected chi connectivity index (χ0v) is 15.4. The van der Waals surface area contributed by atoms with Crippen molar-refractivity contribution in [2.75, 3.05) is 11.4 Å². The molecule has 2 saturated heterocycles. The molecule has 0 bridgehead atoms. The van der Waals surface area contributed by atoms with E-state index in [2.05, 4.69) is 0 Å². The summed E-state index contributed by atoms with van der Waals surface area (Å²) in [6.45, 7) is 0.670. The number of nitrogens with two attached hydrogens (primary N) is 2. The molecule has 4 N–H and O–H groups in total. The molecule has 4 amide bonds. The van der Waals surface area contributed by atoms with E-state index in [4.69, 9.17) is 11.5 Å². The molecule has 1 aromatic rings. The maximum Gasteiger partial charge on any atom is 0.325 e. The summed E-state index contributed by atoms with van der Waals surface area (Å²) in [6, 6.07) is 6.76. The van der Waals surface area contributed by atoms with Crippen LogP contribution >= 0.6 is 0 Å². The molecule has 1 saturated carbocycles. The van der Waals surface area contributed by atoms with Crippen LogP contribution in [0, 0.1) is 0 Å². The van der Waals surface area contributed by atoms with Crippen LogP contribution in [0.25, 0.3) is 0 Å². The highest BCUT2D eigenvalue weighted by Crippen LogP contribution is 2.44. The highest BCUT2D eigenvalue weighted by atomic mass is 16.2. The number of urea groups is 1. The monoisotopic (exact) mass is 370 g/mol. The summed E-state index contributed by atoms with van der Waals surface area (Å²) in [7, 11) is 0. The molecule has 1 aromatic carbocycles. The van der Waals surface area contributed by atoms with Crippen molar-refractivity contribution in [2.45, 2.75) is 62.4 Å². The zero-order chi connectivity index (χ0) is 19.2. The first-order valence-corrected chi connectivity index (χ1v) is 9.71. The summed E-state index contributed by atoms with van der Waals surface area (Å²) < 4.78 is 0. The highest BCUT2D eigenvalue weighted by molar-refractivity contribution is 6.03. The van der Waals surface area contributed by atoms with Crippen molar-refractivity contribution in [1.82, 2.24) is 4.90 Å². The number of hydrogen-bond donors (Lipinski definition) is 2. The Morgan fingerprint density at radius 3 is 2.33 bits per heavy atom. The first-order chi connectivity index (χ1) is 12.9. The van der Waals surface area contributed by atoms with Crippen LogP contribution in [0.4, 0.5) is 10.5 Å². The van der Waals surface area contributed by atoms with Crippen molar-refractivity contribution < 1.29 is 14.4 Å². The fourth-order valence-electron chi connectivity index (χ4n) is 5.30. The van der Waals surface area contributed by atoms with Crippen LogP contribution in [0.5, 0.6) is 0 Å². The second-order valence-electron chi connectivity index (χ2n) is 8.08. The molecule has 1 unspecified atom stereocenters. The topological polar surface area (TPSA) is 110 Å². The number of carbonyl (C=O) groups is 3. The van der Waals surface area contributed by atoms with Crippen molar-refractivity contribution in [3.63, 3.8) is 0 Å². The van der Waals surface area contributed by atoms with E-state index in [0.717, 1.165) is 44.1 Å². The minimum absolute atomic E-state index is 0.134. The number of primary amides is 2. The van der Waals surface area contributed by atoms with Crippen molar-refractivity contribution in [3.05, 3.63) is 29.8 Å². The lowest BCUT2D eigenvalue weighted by molar-refractivity contribution is -0.120. The van der Waals surface area contributed by atoms with Crippen LogP contribution in [0.1, 0.15) is 50.5 Å². The van der Waals surface area contributed by atoms with Gasteiger partial charge in [-0.05, 0) is 43.4 Å². The molecule has 0 aromatic heterocycles. The molecule has 3 fully saturated rings. The summed E-state index contributed by atoms with van der Waals surface area (Å²) in [5.74, 6) is -0.757. The van der Waals surface area contributed by atoms with Gasteiger partial charge in [0.1, 0.15) is 6.04 Å². The third-order valence-electron chi connectivity index (χ3n) is 6.52. The van der Waals surface area contributed by atoms with E-state index in [9.17, 15) is 14.4 Å². The Morgan fingerprint density at radius 1 is 1.07 bits per heavy atom. The van der Waals surface area contributed by atoms with Gasteiger partial charge in [0.25, 0.3) is 0 Å². The van der Waals surface area contributed by atoms with Crippen molar-refractivity contribution in [3.8, 4) is 0 Å². The van der Waals surface area contributed by atoms with Crippen molar-refractivity contribution in [2.24, 2.45) is 11.5 Å².